The summed E-state index contributed by atoms with van der Waals surface area (Å²) in [6.07, 6.45) is 0. The zero-order valence-electron chi connectivity index (χ0n) is 12.2. The zero-order valence-corrected chi connectivity index (χ0v) is 13.8. The van der Waals surface area contributed by atoms with Gasteiger partial charge in [0.15, 0.2) is 5.75 Å². The van der Waals surface area contributed by atoms with Gasteiger partial charge in [-0.15, -0.1) is 0 Å². The van der Waals surface area contributed by atoms with Gasteiger partial charge in [0, 0.05) is 11.1 Å². The van der Waals surface area contributed by atoms with Crippen LogP contribution in [0.3, 0.4) is 0 Å². The quantitative estimate of drug-likeness (QED) is 0.654. The van der Waals surface area contributed by atoms with Gasteiger partial charge in [-0.25, -0.2) is 8.42 Å². The van der Waals surface area contributed by atoms with Crippen LogP contribution in [0.15, 0.2) is 41.3 Å². The lowest BCUT2D eigenvalue weighted by molar-refractivity contribution is -0.386. The predicted molar refractivity (Wildman–Crippen MR) is 86.6 cm³/mol. The van der Waals surface area contributed by atoms with Crippen molar-refractivity contribution in [3.63, 3.8) is 0 Å². The summed E-state index contributed by atoms with van der Waals surface area (Å²) in [5.41, 5.74) is 0.537. The lowest BCUT2D eigenvalue weighted by Gasteiger charge is -2.11. The van der Waals surface area contributed by atoms with Gasteiger partial charge in [-0.1, -0.05) is 17.7 Å². The van der Waals surface area contributed by atoms with Crippen LogP contribution in [0.4, 0.5) is 11.4 Å². The van der Waals surface area contributed by atoms with E-state index in [2.05, 4.69) is 4.72 Å². The number of nitro benzene ring substituents is 1. The summed E-state index contributed by atoms with van der Waals surface area (Å²) in [7, 11) is -2.73. The second kappa shape index (κ2) is 6.43. The number of nitro groups is 1. The third kappa shape index (κ3) is 3.72. The van der Waals surface area contributed by atoms with E-state index in [9.17, 15) is 18.5 Å². The third-order valence-corrected chi connectivity index (χ3v) is 4.70. The third-order valence-electron chi connectivity index (χ3n) is 3.10. The summed E-state index contributed by atoms with van der Waals surface area (Å²) in [6.45, 7) is 1.71. The second-order valence-corrected chi connectivity index (χ2v) is 6.77. The topological polar surface area (TPSA) is 98.5 Å². The van der Waals surface area contributed by atoms with E-state index in [-0.39, 0.29) is 10.6 Å². The molecule has 0 spiro atoms. The molecular weight excluding hydrogens is 344 g/mol. The Kier molecular flexibility index (Phi) is 4.76. The molecule has 0 aliphatic carbocycles. The van der Waals surface area contributed by atoms with Crippen molar-refractivity contribution in [3.8, 4) is 5.75 Å². The molecule has 0 aromatic heterocycles. The molecule has 9 heteroatoms. The van der Waals surface area contributed by atoms with Crippen molar-refractivity contribution in [3.05, 3.63) is 57.1 Å². The standard InChI is InChI=1S/C14H13ClN2O5S/c1-9-3-4-10(15)7-12(9)16-23(20,21)11-5-6-14(22-2)13(8-11)17(18)19/h3-8,16H,1-2H3. The minimum absolute atomic E-state index is 0.0205. The fraction of sp³-hybridized carbons (Fsp3) is 0.143. The molecule has 2 aromatic rings. The van der Waals surface area contributed by atoms with Crippen LogP contribution in [0.1, 0.15) is 5.56 Å². The molecule has 0 saturated heterocycles. The maximum Gasteiger partial charge on any atom is 0.312 e. The Morgan fingerprint density at radius 2 is 1.91 bits per heavy atom. The highest BCUT2D eigenvalue weighted by atomic mass is 35.5. The minimum atomic E-state index is -4.00. The normalized spacial score (nSPS) is 11.1. The summed E-state index contributed by atoms with van der Waals surface area (Å²) in [6, 6.07) is 8.17. The highest BCUT2D eigenvalue weighted by Gasteiger charge is 2.22. The van der Waals surface area contributed by atoms with Crippen LogP contribution in [0, 0.1) is 17.0 Å². The van der Waals surface area contributed by atoms with E-state index in [1.807, 2.05) is 0 Å². The van der Waals surface area contributed by atoms with Crippen LogP contribution in [0.2, 0.25) is 5.02 Å². The van der Waals surface area contributed by atoms with Gasteiger partial charge >= 0.3 is 5.69 Å². The molecule has 0 atom stereocenters. The summed E-state index contributed by atoms with van der Waals surface area (Å²) in [5, 5.41) is 11.4. The monoisotopic (exact) mass is 356 g/mol. The number of aryl methyl sites for hydroxylation is 1. The number of rotatable bonds is 5. The molecular formula is C14H13ClN2O5S. The van der Waals surface area contributed by atoms with Gasteiger partial charge in [-0.3, -0.25) is 14.8 Å². The molecule has 7 nitrogen and oxygen atoms in total. The number of hydrogen-bond acceptors (Lipinski definition) is 5. The summed E-state index contributed by atoms with van der Waals surface area (Å²) in [5.74, 6) is -0.0205. The van der Waals surface area contributed by atoms with Gasteiger partial charge in [-0.2, -0.15) is 0 Å². The van der Waals surface area contributed by atoms with Crippen LogP contribution < -0.4 is 9.46 Å². The highest BCUT2D eigenvalue weighted by molar-refractivity contribution is 7.92. The summed E-state index contributed by atoms with van der Waals surface area (Å²) in [4.78, 5) is 10.1. The van der Waals surface area contributed by atoms with Crippen molar-refractivity contribution in [2.45, 2.75) is 11.8 Å². The smallest absolute Gasteiger partial charge is 0.312 e. The molecule has 2 rings (SSSR count). The van der Waals surface area contributed by atoms with Crippen molar-refractivity contribution < 1.29 is 18.1 Å². The van der Waals surface area contributed by atoms with E-state index in [1.165, 1.54) is 25.3 Å². The number of nitrogens with zero attached hydrogens (tertiary/aromatic N) is 1. The first-order valence-electron chi connectivity index (χ1n) is 6.36. The Hall–Kier alpha value is -2.32. The SMILES string of the molecule is COc1ccc(S(=O)(=O)Nc2cc(Cl)ccc2C)cc1[N+](=O)[O-]. The van der Waals surface area contributed by atoms with Crippen LogP contribution in [-0.4, -0.2) is 20.5 Å². The minimum Gasteiger partial charge on any atom is -0.490 e. The number of ether oxygens (including phenoxy) is 1. The van der Waals surface area contributed by atoms with Gasteiger partial charge in [0.05, 0.1) is 22.6 Å². The molecule has 0 amide bonds. The number of anilines is 1. The average molecular weight is 357 g/mol. The molecule has 1 N–H and O–H groups in total. The van der Waals surface area contributed by atoms with Gasteiger partial charge in [-0.05, 0) is 36.8 Å². The van der Waals surface area contributed by atoms with Crippen LogP contribution in [-0.2, 0) is 10.0 Å². The maximum absolute atomic E-state index is 12.4. The van der Waals surface area contributed by atoms with E-state index >= 15 is 0 Å². The van der Waals surface area contributed by atoms with Crippen molar-refractivity contribution >= 4 is 33.0 Å². The summed E-state index contributed by atoms with van der Waals surface area (Å²) >= 11 is 5.86. The first-order chi connectivity index (χ1) is 10.7. The van der Waals surface area contributed by atoms with Gasteiger partial charge in [0.2, 0.25) is 0 Å². The number of halogens is 1. The molecule has 0 heterocycles. The fourth-order valence-corrected chi connectivity index (χ4v) is 3.20. The van der Waals surface area contributed by atoms with E-state index in [1.54, 1.807) is 19.1 Å². The molecule has 0 radical (unpaired) electrons. The molecule has 122 valence electrons. The lowest BCUT2D eigenvalue weighted by atomic mass is 10.2. The van der Waals surface area contributed by atoms with E-state index < -0.39 is 20.6 Å². The Bertz CT molecular complexity index is 867. The number of benzene rings is 2. The molecule has 23 heavy (non-hydrogen) atoms. The second-order valence-electron chi connectivity index (χ2n) is 4.66. The summed E-state index contributed by atoms with van der Waals surface area (Å²) < 4.78 is 32.1. The number of methoxy groups -OCH3 is 1. The predicted octanol–water partition coefficient (Wildman–Crippen LogP) is 3.37. The largest absolute Gasteiger partial charge is 0.490 e. The van der Waals surface area contributed by atoms with Crippen molar-refractivity contribution in [1.29, 1.82) is 0 Å². The number of hydrogen-bond donors (Lipinski definition) is 1. The molecule has 2 aromatic carbocycles. The highest BCUT2D eigenvalue weighted by Crippen LogP contribution is 2.30. The van der Waals surface area contributed by atoms with Gasteiger partial charge in [0.1, 0.15) is 0 Å². The Balaban J connectivity index is 2.46. The maximum atomic E-state index is 12.4. The fourth-order valence-electron chi connectivity index (χ4n) is 1.89. The Morgan fingerprint density at radius 3 is 2.52 bits per heavy atom. The van der Waals surface area contributed by atoms with Gasteiger partial charge < -0.3 is 4.74 Å². The van der Waals surface area contributed by atoms with Crippen LogP contribution in [0.25, 0.3) is 0 Å². The van der Waals surface area contributed by atoms with Crippen LogP contribution in [0.5, 0.6) is 5.75 Å². The molecule has 0 unspecified atom stereocenters. The van der Waals surface area contributed by atoms with Crippen molar-refractivity contribution in [2.75, 3.05) is 11.8 Å². The number of nitrogens with one attached hydrogen (secondary N) is 1. The van der Waals surface area contributed by atoms with Gasteiger partial charge in [0.25, 0.3) is 10.0 Å². The van der Waals surface area contributed by atoms with Crippen molar-refractivity contribution in [1.82, 2.24) is 0 Å². The number of sulfonamides is 1. The first-order valence-corrected chi connectivity index (χ1v) is 8.22. The molecule has 0 aliphatic rings. The Labute approximate surface area is 138 Å². The van der Waals surface area contributed by atoms with Crippen LogP contribution >= 0.6 is 11.6 Å². The lowest BCUT2D eigenvalue weighted by Crippen LogP contribution is -2.14. The van der Waals surface area contributed by atoms with E-state index in [4.69, 9.17) is 16.3 Å². The molecule has 0 aliphatic heterocycles. The first kappa shape index (κ1) is 17.0. The molecule has 0 bridgehead atoms. The Morgan fingerprint density at radius 1 is 1.22 bits per heavy atom. The average Bonchev–Trinajstić information content (AvgIpc) is 2.50. The van der Waals surface area contributed by atoms with E-state index in [0.29, 0.717) is 16.3 Å². The van der Waals surface area contributed by atoms with E-state index in [0.717, 1.165) is 6.07 Å². The zero-order chi connectivity index (χ0) is 17.2. The molecule has 0 saturated carbocycles. The van der Waals surface area contributed by atoms with Crippen molar-refractivity contribution in [2.24, 2.45) is 0 Å². The molecule has 0 fully saturated rings.